The Kier molecular flexibility index (Phi) is 5.31. The topological polar surface area (TPSA) is 37.4 Å². The van der Waals surface area contributed by atoms with Crippen LogP contribution >= 0.6 is 0 Å². The molecule has 1 aliphatic heterocycles. The molecule has 3 nitrogen and oxygen atoms in total. The van der Waals surface area contributed by atoms with Gasteiger partial charge in [0.25, 0.3) is 0 Å². The summed E-state index contributed by atoms with van der Waals surface area (Å²) in [7, 11) is -3.52. The van der Waals surface area contributed by atoms with E-state index in [1.54, 1.807) is 16.4 Å². The fourth-order valence-electron chi connectivity index (χ4n) is 3.77. The van der Waals surface area contributed by atoms with Crippen LogP contribution in [0.4, 0.5) is 0 Å². The molecule has 0 bridgehead atoms. The third kappa shape index (κ3) is 3.75. The van der Waals surface area contributed by atoms with Crippen LogP contribution in [0.3, 0.4) is 0 Å². The Bertz CT molecular complexity index is 728. The van der Waals surface area contributed by atoms with E-state index < -0.39 is 10.0 Å². The van der Waals surface area contributed by atoms with Crippen LogP contribution in [0.2, 0.25) is 0 Å². The molecule has 24 heavy (non-hydrogen) atoms. The van der Waals surface area contributed by atoms with Gasteiger partial charge in [0.2, 0.25) is 10.0 Å². The highest BCUT2D eigenvalue weighted by Crippen LogP contribution is 2.38. The fraction of sp³-hybridized carbons (Fsp3) is 0.600. The van der Waals surface area contributed by atoms with Crippen LogP contribution in [0.15, 0.2) is 40.8 Å². The van der Waals surface area contributed by atoms with E-state index in [1.165, 1.54) is 0 Å². The van der Waals surface area contributed by atoms with E-state index >= 15 is 0 Å². The lowest BCUT2D eigenvalue weighted by molar-refractivity contribution is 0.221. The van der Waals surface area contributed by atoms with Crippen molar-refractivity contribution in [2.45, 2.75) is 71.9 Å². The first-order valence-corrected chi connectivity index (χ1v) is 10.2. The van der Waals surface area contributed by atoms with Gasteiger partial charge in [-0.1, -0.05) is 57.5 Å². The van der Waals surface area contributed by atoms with Crippen LogP contribution in [0.1, 0.15) is 53.5 Å². The monoisotopic (exact) mass is 349 g/mol. The lowest BCUT2D eigenvalue weighted by atomic mass is 9.82. The van der Waals surface area contributed by atoms with Crippen LogP contribution in [-0.2, 0) is 10.0 Å². The van der Waals surface area contributed by atoms with Gasteiger partial charge >= 0.3 is 0 Å². The maximum atomic E-state index is 13.4. The minimum Gasteiger partial charge on any atom is -0.207 e. The van der Waals surface area contributed by atoms with Crippen molar-refractivity contribution in [2.24, 2.45) is 11.3 Å². The van der Waals surface area contributed by atoms with Gasteiger partial charge in [0.1, 0.15) is 0 Å². The van der Waals surface area contributed by atoms with Crippen LogP contribution in [-0.4, -0.2) is 24.8 Å². The molecule has 3 unspecified atom stereocenters. The number of nitrogens with zero attached hydrogens (tertiary/aromatic N) is 1. The number of hydrogen-bond acceptors (Lipinski definition) is 2. The molecule has 2 rings (SSSR count). The van der Waals surface area contributed by atoms with Gasteiger partial charge in [0, 0.05) is 12.1 Å². The fourth-order valence-corrected chi connectivity index (χ4v) is 5.89. The molecule has 4 heteroatoms. The Labute approximate surface area is 147 Å². The first-order valence-electron chi connectivity index (χ1n) is 8.72. The van der Waals surface area contributed by atoms with Crippen molar-refractivity contribution >= 4 is 10.0 Å². The predicted octanol–water partition coefficient (Wildman–Crippen LogP) is 4.78. The molecular weight excluding hydrogens is 318 g/mol. The van der Waals surface area contributed by atoms with E-state index in [0.29, 0.717) is 4.90 Å². The first-order chi connectivity index (χ1) is 10.9. The van der Waals surface area contributed by atoms with Gasteiger partial charge in [-0.3, -0.25) is 0 Å². The Morgan fingerprint density at radius 3 is 2.29 bits per heavy atom. The second-order valence-electron chi connectivity index (χ2n) is 8.42. The Morgan fingerprint density at radius 2 is 1.75 bits per heavy atom. The van der Waals surface area contributed by atoms with Gasteiger partial charge < -0.3 is 0 Å². The molecule has 0 saturated heterocycles. The zero-order chi connectivity index (χ0) is 18.3. The van der Waals surface area contributed by atoms with Crippen molar-refractivity contribution in [2.75, 3.05) is 0 Å². The van der Waals surface area contributed by atoms with Gasteiger partial charge in [-0.15, -0.1) is 0 Å². The lowest BCUT2D eigenvalue weighted by Crippen LogP contribution is -2.44. The quantitative estimate of drug-likeness (QED) is 0.734. The van der Waals surface area contributed by atoms with E-state index in [2.05, 4.69) is 33.8 Å². The molecule has 134 valence electrons. The summed E-state index contributed by atoms with van der Waals surface area (Å²) in [5.41, 5.74) is 2.11. The Balaban J connectivity index is 2.44. The molecule has 1 aliphatic rings. The summed E-state index contributed by atoms with van der Waals surface area (Å²) in [6.07, 6.45) is 3.13. The zero-order valence-corrected chi connectivity index (χ0v) is 16.8. The smallest absolute Gasteiger partial charge is 0.207 e. The summed E-state index contributed by atoms with van der Waals surface area (Å²) < 4.78 is 28.5. The minimum atomic E-state index is -3.52. The van der Waals surface area contributed by atoms with Gasteiger partial charge in [-0.05, 0) is 50.2 Å². The molecule has 0 aromatic heterocycles. The van der Waals surface area contributed by atoms with Crippen molar-refractivity contribution in [3.8, 4) is 0 Å². The summed E-state index contributed by atoms with van der Waals surface area (Å²) in [6.45, 7) is 14.7. The highest BCUT2D eigenvalue weighted by molar-refractivity contribution is 7.89. The SMILES string of the molecule is CC1=CC(C(C)CC(C)(C)C)N(S(=O)(=O)c2ccccc2C)C1C. The third-order valence-electron chi connectivity index (χ3n) is 4.93. The summed E-state index contributed by atoms with van der Waals surface area (Å²) in [5.74, 6) is 0.267. The van der Waals surface area contributed by atoms with Crippen molar-refractivity contribution in [1.29, 1.82) is 0 Å². The molecule has 0 fully saturated rings. The summed E-state index contributed by atoms with van der Waals surface area (Å²) >= 11 is 0. The van der Waals surface area contributed by atoms with E-state index in [1.807, 2.05) is 32.9 Å². The Hall–Kier alpha value is -1.13. The molecule has 3 atom stereocenters. The van der Waals surface area contributed by atoms with E-state index in [0.717, 1.165) is 17.6 Å². The van der Waals surface area contributed by atoms with Crippen LogP contribution in [0, 0.1) is 18.3 Å². The Morgan fingerprint density at radius 1 is 1.17 bits per heavy atom. The largest absolute Gasteiger partial charge is 0.244 e. The van der Waals surface area contributed by atoms with Crippen molar-refractivity contribution in [1.82, 2.24) is 4.31 Å². The minimum absolute atomic E-state index is 0.0798. The second kappa shape index (κ2) is 6.64. The summed E-state index contributed by atoms with van der Waals surface area (Å²) in [5, 5.41) is 0. The first kappa shape index (κ1) is 19.2. The lowest BCUT2D eigenvalue weighted by Gasteiger charge is -2.35. The normalized spacial score (nSPS) is 24.0. The van der Waals surface area contributed by atoms with Gasteiger partial charge in [0.05, 0.1) is 4.90 Å². The summed E-state index contributed by atoms with van der Waals surface area (Å²) in [6, 6.07) is 7.09. The molecule has 1 aromatic carbocycles. The number of sulfonamides is 1. The van der Waals surface area contributed by atoms with Crippen molar-refractivity contribution in [3.05, 3.63) is 41.5 Å². The van der Waals surface area contributed by atoms with E-state index in [4.69, 9.17) is 0 Å². The van der Waals surface area contributed by atoms with Crippen molar-refractivity contribution in [3.63, 3.8) is 0 Å². The average Bonchev–Trinajstić information content (AvgIpc) is 2.74. The van der Waals surface area contributed by atoms with E-state index in [9.17, 15) is 8.42 Å². The highest BCUT2D eigenvalue weighted by Gasteiger charge is 2.42. The number of aryl methyl sites for hydroxylation is 1. The van der Waals surface area contributed by atoms with Gasteiger partial charge in [-0.25, -0.2) is 8.42 Å². The maximum absolute atomic E-state index is 13.4. The molecule has 1 aromatic rings. The zero-order valence-electron chi connectivity index (χ0n) is 16.0. The summed E-state index contributed by atoms with van der Waals surface area (Å²) in [4.78, 5) is 0.424. The maximum Gasteiger partial charge on any atom is 0.244 e. The highest BCUT2D eigenvalue weighted by atomic mass is 32.2. The molecule has 0 spiro atoms. The number of benzene rings is 1. The van der Waals surface area contributed by atoms with Crippen LogP contribution in [0.5, 0.6) is 0 Å². The van der Waals surface area contributed by atoms with Gasteiger partial charge in [0.15, 0.2) is 0 Å². The molecular formula is C20H31NO2S. The van der Waals surface area contributed by atoms with Gasteiger partial charge in [-0.2, -0.15) is 4.31 Å². The van der Waals surface area contributed by atoms with Crippen LogP contribution in [0.25, 0.3) is 0 Å². The van der Waals surface area contributed by atoms with Crippen LogP contribution < -0.4 is 0 Å². The molecule has 0 aliphatic carbocycles. The second-order valence-corrected chi connectivity index (χ2v) is 10.2. The van der Waals surface area contributed by atoms with Crippen molar-refractivity contribution < 1.29 is 8.42 Å². The third-order valence-corrected chi connectivity index (χ3v) is 7.06. The number of rotatable bonds is 4. The molecule has 0 N–H and O–H groups in total. The molecule has 0 amide bonds. The van der Waals surface area contributed by atoms with E-state index in [-0.39, 0.29) is 23.4 Å². The average molecular weight is 350 g/mol. The standard InChI is InChI=1S/C20H31NO2S/c1-14-10-8-9-11-19(14)24(22,23)21-17(4)15(2)12-18(21)16(3)13-20(5,6)7/h8-12,16-18H,13H2,1-7H3. The molecule has 0 radical (unpaired) electrons. The molecule has 0 saturated carbocycles. The number of hydrogen-bond donors (Lipinski definition) is 0. The predicted molar refractivity (Wildman–Crippen MR) is 100 cm³/mol. The molecule has 1 heterocycles.